The van der Waals surface area contributed by atoms with Crippen molar-refractivity contribution in [3.05, 3.63) is 47.3 Å². The first-order valence-corrected chi connectivity index (χ1v) is 6.03. The van der Waals surface area contributed by atoms with Gasteiger partial charge in [0.05, 0.1) is 0 Å². The summed E-state index contributed by atoms with van der Waals surface area (Å²) < 4.78 is 4.55. The van der Waals surface area contributed by atoms with Crippen LogP contribution in [0.4, 0.5) is 5.82 Å². The molecule has 1 aromatic carbocycles. The smallest absolute Gasteiger partial charge is 0.201 e. The molecule has 0 aliphatic carbocycles. The fourth-order valence-electron chi connectivity index (χ4n) is 1.97. The van der Waals surface area contributed by atoms with Crippen molar-refractivity contribution in [2.75, 3.05) is 5.32 Å². The van der Waals surface area contributed by atoms with E-state index in [9.17, 15) is 4.79 Å². The minimum absolute atomic E-state index is 0. The van der Waals surface area contributed by atoms with Gasteiger partial charge in [-0.15, -0.1) is 17.0 Å². The molecule has 1 N–H and O–H groups in total. The molecule has 0 fully saturated rings. The summed E-state index contributed by atoms with van der Waals surface area (Å²) in [5.74, 6) is 0.0454. The SMILES string of the molecule is Cc1nonc1NC(=O)c1c[c-]c2ncccc2c1C.[W]. The maximum absolute atomic E-state index is 12.3. The normalized spacial score (nSPS) is 10.2. The molecule has 0 radical (unpaired) electrons. The zero-order valence-corrected chi connectivity index (χ0v) is 14.3. The van der Waals surface area contributed by atoms with Crippen molar-refractivity contribution in [1.29, 1.82) is 0 Å². The zero-order chi connectivity index (χ0) is 14.1. The first-order chi connectivity index (χ1) is 9.66. The molecule has 0 unspecified atom stereocenters. The predicted molar refractivity (Wildman–Crippen MR) is 72.3 cm³/mol. The van der Waals surface area contributed by atoms with Gasteiger partial charge in [-0.2, -0.15) is 12.1 Å². The average molecular weight is 451 g/mol. The maximum atomic E-state index is 12.3. The van der Waals surface area contributed by atoms with E-state index in [1.165, 1.54) is 0 Å². The summed E-state index contributed by atoms with van der Waals surface area (Å²) in [6, 6.07) is 8.37. The quantitative estimate of drug-likeness (QED) is 0.606. The van der Waals surface area contributed by atoms with E-state index in [1.54, 1.807) is 19.2 Å². The number of hydrogen-bond donors (Lipinski definition) is 1. The van der Waals surface area contributed by atoms with E-state index < -0.39 is 0 Å². The topological polar surface area (TPSA) is 80.9 Å². The number of rotatable bonds is 2. The number of aromatic nitrogens is 3. The first kappa shape index (κ1) is 15.3. The van der Waals surface area contributed by atoms with Gasteiger partial charge in [0.15, 0.2) is 5.82 Å². The largest absolute Gasteiger partial charge is 0.313 e. The number of carbonyl (C=O) groups excluding carboxylic acids is 1. The van der Waals surface area contributed by atoms with Gasteiger partial charge in [-0.3, -0.25) is 9.78 Å². The van der Waals surface area contributed by atoms with Crippen LogP contribution < -0.4 is 5.32 Å². The van der Waals surface area contributed by atoms with Crippen LogP contribution >= 0.6 is 0 Å². The minimum Gasteiger partial charge on any atom is -0.313 e. The number of aryl methyl sites for hydroxylation is 2. The molecular weight excluding hydrogens is 440 g/mol. The second-order valence-electron chi connectivity index (χ2n) is 4.38. The number of hydrogen-bond acceptors (Lipinski definition) is 5. The molecule has 0 atom stereocenters. The minimum atomic E-state index is -0.275. The van der Waals surface area contributed by atoms with Crippen LogP contribution in [0.15, 0.2) is 29.0 Å². The van der Waals surface area contributed by atoms with E-state index in [0.717, 1.165) is 16.5 Å². The molecule has 0 bridgehead atoms. The van der Waals surface area contributed by atoms with Crippen LogP contribution in [-0.4, -0.2) is 21.2 Å². The monoisotopic (exact) mass is 451 g/mol. The molecule has 1 amide bonds. The number of benzene rings is 1. The average Bonchev–Trinajstić information content (AvgIpc) is 2.85. The fourth-order valence-corrected chi connectivity index (χ4v) is 1.97. The van der Waals surface area contributed by atoms with E-state index >= 15 is 0 Å². The summed E-state index contributed by atoms with van der Waals surface area (Å²) in [6.07, 6.45) is 1.70. The first-order valence-electron chi connectivity index (χ1n) is 6.03. The summed E-state index contributed by atoms with van der Waals surface area (Å²) in [7, 11) is 0. The molecule has 6 nitrogen and oxygen atoms in total. The predicted octanol–water partition coefficient (Wildman–Crippen LogP) is 2.28. The Labute approximate surface area is 135 Å². The molecule has 21 heavy (non-hydrogen) atoms. The summed E-state index contributed by atoms with van der Waals surface area (Å²) in [4.78, 5) is 16.5. The Kier molecular flexibility index (Phi) is 4.48. The van der Waals surface area contributed by atoms with Gasteiger partial charge in [-0.05, 0) is 17.6 Å². The summed E-state index contributed by atoms with van der Waals surface area (Å²) in [5.41, 5.74) is 2.63. The summed E-state index contributed by atoms with van der Waals surface area (Å²) in [6.45, 7) is 3.58. The van der Waals surface area contributed by atoms with E-state index in [2.05, 4.69) is 31.3 Å². The van der Waals surface area contributed by atoms with Gasteiger partial charge in [0.25, 0.3) is 0 Å². The Bertz CT molecular complexity index is 801. The second-order valence-corrected chi connectivity index (χ2v) is 4.38. The van der Waals surface area contributed by atoms with Crippen molar-refractivity contribution >= 4 is 22.6 Å². The third kappa shape index (κ3) is 2.85. The third-order valence-corrected chi connectivity index (χ3v) is 3.10. The van der Waals surface area contributed by atoms with Crippen LogP contribution in [0.5, 0.6) is 0 Å². The van der Waals surface area contributed by atoms with Crippen molar-refractivity contribution in [2.24, 2.45) is 0 Å². The Hall–Kier alpha value is -2.07. The van der Waals surface area contributed by atoms with Gasteiger partial charge in [0.2, 0.25) is 5.91 Å². The van der Waals surface area contributed by atoms with Crippen molar-refractivity contribution < 1.29 is 30.5 Å². The van der Waals surface area contributed by atoms with Crippen LogP contribution in [0.25, 0.3) is 10.9 Å². The number of carbonyl (C=O) groups is 1. The van der Waals surface area contributed by atoms with E-state index in [4.69, 9.17) is 0 Å². The van der Waals surface area contributed by atoms with Crippen LogP contribution in [0.2, 0.25) is 0 Å². The van der Waals surface area contributed by atoms with Gasteiger partial charge in [-0.1, -0.05) is 23.7 Å². The van der Waals surface area contributed by atoms with Gasteiger partial charge in [0.1, 0.15) is 5.69 Å². The van der Waals surface area contributed by atoms with Crippen LogP contribution in [0.3, 0.4) is 0 Å². The van der Waals surface area contributed by atoms with Crippen LogP contribution in [0, 0.1) is 19.9 Å². The van der Waals surface area contributed by atoms with Crippen molar-refractivity contribution in [2.45, 2.75) is 13.8 Å². The number of amides is 1. The zero-order valence-electron chi connectivity index (χ0n) is 11.4. The maximum Gasteiger partial charge on any atom is 0.201 e. The molecule has 2 heterocycles. The molecule has 2 aromatic heterocycles. The van der Waals surface area contributed by atoms with Gasteiger partial charge < -0.3 is 5.32 Å². The molecule has 0 spiro atoms. The molecular formula is C14H11N4O2W-. The van der Waals surface area contributed by atoms with Crippen LogP contribution in [-0.2, 0) is 21.1 Å². The molecule has 3 aromatic rings. The second kappa shape index (κ2) is 6.14. The summed E-state index contributed by atoms with van der Waals surface area (Å²) >= 11 is 0. The Balaban J connectivity index is 0.00000161. The number of nitrogens with one attached hydrogen (secondary N) is 1. The van der Waals surface area contributed by atoms with E-state index in [-0.39, 0.29) is 27.0 Å². The van der Waals surface area contributed by atoms with Crippen molar-refractivity contribution in [3.63, 3.8) is 0 Å². The van der Waals surface area contributed by atoms with Crippen molar-refractivity contribution in [1.82, 2.24) is 15.3 Å². The number of fused-ring (bicyclic) bond motifs is 1. The Morgan fingerprint density at radius 1 is 1.33 bits per heavy atom. The fraction of sp³-hybridized carbons (Fsp3) is 0.143. The van der Waals surface area contributed by atoms with Gasteiger partial charge in [0, 0.05) is 27.3 Å². The Morgan fingerprint density at radius 2 is 2.14 bits per heavy atom. The molecule has 106 valence electrons. The molecule has 0 saturated carbocycles. The standard InChI is InChI=1S/C14H11N4O2.W/c1-8-10-4-3-7-15-12(10)6-5-11(8)14(19)16-13-9(2)17-20-18-13;/h3-5,7H,1-2H3,(H,16,18,19);/q-1;. The van der Waals surface area contributed by atoms with E-state index in [0.29, 0.717) is 17.1 Å². The van der Waals surface area contributed by atoms with Crippen LogP contribution in [0.1, 0.15) is 21.6 Å². The van der Waals surface area contributed by atoms with Gasteiger partial charge in [-0.25, -0.2) is 4.63 Å². The Morgan fingerprint density at radius 3 is 2.86 bits per heavy atom. The molecule has 0 saturated heterocycles. The third-order valence-electron chi connectivity index (χ3n) is 3.10. The number of nitrogens with zero attached hydrogens (tertiary/aromatic N) is 3. The van der Waals surface area contributed by atoms with Crippen molar-refractivity contribution in [3.8, 4) is 0 Å². The molecule has 7 heteroatoms. The van der Waals surface area contributed by atoms with E-state index in [1.807, 2.05) is 19.1 Å². The summed E-state index contributed by atoms with van der Waals surface area (Å²) in [5, 5.41) is 10.8. The molecule has 3 rings (SSSR count). The van der Waals surface area contributed by atoms with Gasteiger partial charge >= 0.3 is 0 Å². The molecule has 0 aliphatic rings. The molecule has 0 aliphatic heterocycles. The number of anilines is 1. The number of pyridine rings is 1.